The Bertz CT molecular complexity index is 1700. The molecule has 0 bridgehead atoms. The summed E-state index contributed by atoms with van der Waals surface area (Å²) in [6, 6.07) is 4.20. The molecule has 1 aliphatic heterocycles. The zero-order valence-corrected chi connectivity index (χ0v) is 21.7. The molecule has 4 heterocycles. The molecule has 6 rings (SSSR count). The SMILES string of the molecule is O=c1[nH]ncc(N[C@H]2CCC[C@@H](Cn3ccc4cc(-c5cnc(C6COC6)cn5)c(F)cc4c3=O)C2)c1C(F)(F)F. The third-order valence-electron chi connectivity index (χ3n) is 7.81. The van der Waals surface area contributed by atoms with Crippen molar-refractivity contribution in [1.82, 2.24) is 24.7 Å². The number of fused-ring (bicyclic) bond motifs is 1. The van der Waals surface area contributed by atoms with Crippen LogP contribution in [0.3, 0.4) is 0 Å². The molecule has 214 valence electrons. The maximum Gasteiger partial charge on any atom is 0.423 e. The number of nitrogens with one attached hydrogen (secondary N) is 2. The van der Waals surface area contributed by atoms with Gasteiger partial charge in [0, 0.05) is 36.5 Å². The Morgan fingerprint density at radius 3 is 2.63 bits per heavy atom. The maximum atomic E-state index is 15.2. The Morgan fingerprint density at radius 1 is 1.10 bits per heavy atom. The molecule has 3 aromatic heterocycles. The number of halogens is 4. The van der Waals surface area contributed by atoms with Crippen LogP contribution >= 0.6 is 0 Å². The highest BCUT2D eigenvalue weighted by Crippen LogP contribution is 2.34. The number of alkyl halides is 3. The first-order valence-corrected chi connectivity index (χ1v) is 13.3. The van der Waals surface area contributed by atoms with Crippen LogP contribution in [0.1, 0.15) is 42.9 Å². The fraction of sp³-hybridized carbons (Fsp3) is 0.393. The number of hydrogen-bond donors (Lipinski definition) is 2. The lowest BCUT2D eigenvalue weighted by Gasteiger charge is -2.31. The van der Waals surface area contributed by atoms with E-state index in [1.807, 2.05) is 5.10 Å². The van der Waals surface area contributed by atoms with Crippen LogP contribution < -0.4 is 16.4 Å². The quantitative estimate of drug-likeness (QED) is 0.329. The lowest BCUT2D eigenvalue weighted by Crippen LogP contribution is -2.33. The summed E-state index contributed by atoms with van der Waals surface area (Å²) in [7, 11) is 0. The van der Waals surface area contributed by atoms with E-state index >= 15 is 4.39 Å². The molecule has 1 aromatic carbocycles. The summed E-state index contributed by atoms with van der Waals surface area (Å²) in [5.74, 6) is -0.404. The van der Waals surface area contributed by atoms with E-state index in [0.717, 1.165) is 24.7 Å². The molecule has 0 spiro atoms. The van der Waals surface area contributed by atoms with Gasteiger partial charge in [0.25, 0.3) is 11.1 Å². The van der Waals surface area contributed by atoms with E-state index in [2.05, 4.69) is 20.4 Å². The average Bonchev–Trinajstić information content (AvgIpc) is 2.89. The Morgan fingerprint density at radius 2 is 1.93 bits per heavy atom. The first-order chi connectivity index (χ1) is 19.7. The molecule has 2 fully saturated rings. The highest BCUT2D eigenvalue weighted by atomic mass is 19.4. The van der Waals surface area contributed by atoms with E-state index in [-0.39, 0.29) is 40.1 Å². The summed E-state index contributed by atoms with van der Waals surface area (Å²) in [6.45, 7) is 1.51. The van der Waals surface area contributed by atoms with Crippen molar-refractivity contribution in [3.05, 3.63) is 80.8 Å². The van der Waals surface area contributed by atoms with Gasteiger partial charge in [0.1, 0.15) is 11.4 Å². The predicted molar refractivity (Wildman–Crippen MR) is 142 cm³/mol. The molecule has 2 aliphatic rings. The molecule has 9 nitrogen and oxygen atoms in total. The summed E-state index contributed by atoms with van der Waals surface area (Å²) in [6.07, 6.45) is 3.53. The largest absolute Gasteiger partial charge is 0.423 e. The maximum absolute atomic E-state index is 15.2. The zero-order valence-electron chi connectivity index (χ0n) is 21.7. The Kier molecular flexibility index (Phi) is 7.06. The van der Waals surface area contributed by atoms with Gasteiger partial charge in [0.15, 0.2) is 0 Å². The number of nitrogens with zero attached hydrogens (tertiary/aromatic N) is 4. The standard InChI is InChI=1S/C28H26F4N6O3/c29-21-8-19-16(7-20(21)23-10-33-22(9-34-23)17-13-41-14-17)4-5-38(27(19)40)12-15-2-1-3-18(6-15)36-24-11-35-37-26(39)25(24)28(30,31)32/h4-5,7-11,15,17-18H,1-3,6,12-14H2,(H2,36,37,39)/t15-,18+/m1/s1. The number of pyridine rings is 1. The van der Waals surface area contributed by atoms with Crippen molar-refractivity contribution >= 4 is 16.5 Å². The van der Waals surface area contributed by atoms with E-state index in [4.69, 9.17) is 4.74 Å². The summed E-state index contributed by atoms with van der Waals surface area (Å²) in [5, 5.41) is 8.97. The number of ether oxygens (including phenoxy) is 1. The lowest BCUT2D eigenvalue weighted by atomic mass is 9.85. The van der Waals surface area contributed by atoms with E-state index in [0.29, 0.717) is 43.7 Å². The first kappa shape index (κ1) is 27.1. The minimum Gasteiger partial charge on any atom is -0.380 e. The summed E-state index contributed by atoms with van der Waals surface area (Å²) >= 11 is 0. The highest BCUT2D eigenvalue weighted by Gasteiger charge is 2.38. The summed E-state index contributed by atoms with van der Waals surface area (Å²) < 4.78 is 62.2. The highest BCUT2D eigenvalue weighted by molar-refractivity contribution is 5.86. The number of anilines is 1. The van der Waals surface area contributed by atoms with Crippen LogP contribution in [-0.4, -0.2) is 44.0 Å². The molecule has 2 N–H and O–H groups in total. The summed E-state index contributed by atoms with van der Waals surface area (Å²) in [4.78, 5) is 33.9. The van der Waals surface area contributed by atoms with Gasteiger partial charge in [-0.3, -0.25) is 19.6 Å². The molecule has 1 saturated carbocycles. The van der Waals surface area contributed by atoms with Crippen LogP contribution in [0.25, 0.3) is 22.0 Å². The van der Waals surface area contributed by atoms with Crippen molar-refractivity contribution in [2.24, 2.45) is 5.92 Å². The Balaban J connectivity index is 1.19. The lowest BCUT2D eigenvalue weighted by molar-refractivity contribution is -0.138. The molecule has 0 amide bonds. The van der Waals surface area contributed by atoms with Crippen molar-refractivity contribution in [3.63, 3.8) is 0 Å². The molecule has 4 aromatic rings. The molecule has 1 aliphatic carbocycles. The molecule has 2 atom stereocenters. The third kappa shape index (κ3) is 5.45. The van der Waals surface area contributed by atoms with Gasteiger partial charge in [0.2, 0.25) is 0 Å². The normalized spacial score (nSPS) is 19.7. The van der Waals surface area contributed by atoms with Crippen molar-refractivity contribution in [1.29, 1.82) is 0 Å². The van der Waals surface area contributed by atoms with Crippen LogP contribution in [0, 0.1) is 11.7 Å². The molecular weight excluding hydrogens is 544 g/mol. The third-order valence-corrected chi connectivity index (χ3v) is 7.81. The van der Waals surface area contributed by atoms with Gasteiger partial charge in [-0.2, -0.15) is 18.3 Å². The molecule has 13 heteroatoms. The average molecular weight is 571 g/mol. The van der Waals surface area contributed by atoms with E-state index in [1.165, 1.54) is 16.8 Å². The van der Waals surface area contributed by atoms with E-state index < -0.39 is 23.1 Å². The minimum absolute atomic E-state index is 0.0142. The molecular formula is C28H26F4N6O3. The first-order valence-electron chi connectivity index (χ1n) is 13.3. The second kappa shape index (κ2) is 10.7. The zero-order chi connectivity index (χ0) is 28.7. The van der Waals surface area contributed by atoms with Gasteiger partial charge in [0.05, 0.1) is 48.1 Å². The second-order valence-corrected chi connectivity index (χ2v) is 10.6. The number of aromatic amines is 1. The van der Waals surface area contributed by atoms with Gasteiger partial charge >= 0.3 is 6.18 Å². The summed E-state index contributed by atoms with van der Waals surface area (Å²) in [5.41, 5.74) is -1.93. The molecule has 0 radical (unpaired) electrons. The number of H-pyrrole nitrogens is 1. The molecule has 41 heavy (non-hydrogen) atoms. The molecule has 0 unspecified atom stereocenters. The van der Waals surface area contributed by atoms with Gasteiger partial charge in [-0.1, -0.05) is 6.42 Å². The number of benzene rings is 1. The van der Waals surface area contributed by atoms with Gasteiger partial charge in [-0.15, -0.1) is 0 Å². The van der Waals surface area contributed by atoms with Gasteiger partial charge in [-0.25, -0.2) is 9.49 Å². The molecule has 1 saturated heterocycles. The van der Waals surface area contributed by atoms with E-state index in [1.54, 1.807) is 24.5 Å². The van der Waals surface area contributed by atoms with Crippen molar-refractivity contribution in [2.75, 3.05) is 18.5 Å². The number of rotatable bonds is 6. The Labute approximate surface area is 230 Å². The van der Waals surface area contributed by atoms with Gasteiger partial charge < -0.3 is 14.6 Å². The van der Waals surface area contributed by atoms with Crippen LogP contribution in [0.5, 0.6) is 0 Å². The van der Waals surface area contributed by atoms with Crippen molar-refractivity contribution in [2.45, 2.75) is 50.4 Å². The topological polar surface area (TPSA) is 115 Å². The van der Waals surface area contributed by atoms with Crippen LogP contribution in [0.2, 0.25) is 0 Å². The van der Waals surface area contributed by atoms with E-state index in [9.17, 15) is 22.8 Å². The minimum atomic E-state index is -4.83. The monoisotopic (exact) mass is 570 g/mol. The van der Waals surface area contributed by atoms with Crippen LogP contribution in [0.4, 0.5) is 23.2 Å². The Hall–Kier alpha value is -4.13. The number of hydrogen-bond acceptors (Lipinski definition) is 7. The smallest absolute Gasteiger partial charge is 0.380 e. The fourth-order valence-electron chi connectivity index (χ4n) is 5.62. The fourth-order valence-corrected chi connectivity index (χ4v) is 5.62. The van der Waals surface area contributed by atoms with Gasteiger partial charge in [-0.05, 0) is 48.8 Å². The number of aromatic nitrogens is 5. The van der Waals surface area contributed by atoms with Crippen LogP contribution in [0.15, 0.2) is 52.6 Å². The van der Waals surface area contributed by atoms with Crippen molar-refractivity contribution in [3.8, 4) is 11.3 Å². The second-order valence-electron chi connectivity index (χ2n) is 10.6. The van der Waals surface area contributed by atoms with Crippen molar-refractivity contribution < 1.29 is 22.3 Å². The predicted octanol–water partition coefficient (Wildman–Crippen LogP) is 4.48. The van der Waals surface area contributed by atoms with Crippen LogP contribution in [-0.2, 0) is 17.5 Å².